The summed E-state index contributed by atoms with van der Waals surface area (Å²) in [6.45, 7) is 12.1. The van der Waals surface area contributed by atoms with Crippen molar-refractivity contribution in [1.29, 1.82) is 0 Å². The van der Waals surface area contributed by atoms with E-state index in [2.05, 4.69) is 19.7 Å². The van der Waals surface area contributed by atoms with Crippen molar-refractivity contribution < 1.29 is 28.6 Å². The molecule has 4 aromatic rings. The summed E-state index contributed by atoms with van der Waals surface area (Å²) in [4.78, 5) is 35.3. The Bertz CT molecular complexity index is 1590. The first-order chi connectivity index (χ1) is 19.3. The number of hydrogen-bond donors (Lipinski definition) is 0. The smallest absolute Gasteiger partial charge is 0.338 e. The van der Waals surface area contributed by atoms with E-state index in [9.17, 15) is 14.4 Å². The molecular weight excluding hydrogens is 504 g/mol. The average molecular weight is 531 g/mol. The highest BCUT2D eigenvalue weighted by Gasteiger charge is 2.14. The van der Waals surface area contributed by atoms with E-state index in [-0.39, 0.29) is 5.57 Å². The molecule has 0 fully saturated rings. The Morgan fingerprint density at radius 1 is 0.575 bits per heavy atom. The Labute approximate surface area is 232 Å². The summed E-state index contributed by atoms with van der Waals surface area (Å²) in [5, 5.41) is 0. The van der Waals surface area contributed by atoms with Crippen LogP contribution in [0.25, 0.3) is 33.4 Å². The Balaban J connectivity index is 1.62. The minimum absolute atomic E-state index is 0.280. The van der Waals surface area contributed by atoms with Crippen LogP contribution in [0, 0.1) is 0 Å². The van der Waals surface area contributed by atoms with E-state index in [1.54, 1.807) is 37.3 Å². The monoisotopic (exact) mass is 530 g/mol. The Morgan fingerprint density at radius 3 is 1.43 bits per heavy atom. The van der Waals surface area contributed by atoms with Crippen molar-refractivity contribution in [2.24, 2.45) is 0 Å². The zero-order chi connectivity index (χ0) is 28.6. The number of esters is 3. The Kier molecular flexibility index (Phi) is 8.52. The zero-order valence-electron chi connectivity index (χ0n) is 21.9. The summed E-state index contributed by atoms with van der Waals surface area (Å²) < 4.78 is 16.0. The molecule has 0 aliphatic rings. The van der Waals surface area contributed by atoms with E-state index >= 15 is 0 Å². The Morgan fingerprint density at radius 2 is 0.975 bits per heavy atom. The molecule has 6 nitrogen and oxygen atoms in total. The molecule has 4 aromatic carbocycles. The van der Waals surface area contributed by atoms with Gasteiger partial charge in [0.2, 0.25) is 0 Å². The standard InChI is InChI=1S/C34H26O6/c1-5-32(35)38-28-16-11-24(12-17-28)23-7-9-26(10-8-23)30-20-15-27(21-31(30)40-34(37)22(3)4)25-13-18-29(19-14-25)39-33(36)6-2/h5-21H,1-3H2,4H3. The number of hydrogen-bond acceptors (Lipinski definition) is 6. The molecule has 0 unspecified atom stereocenters. The molecule has 0 N–H and O–H groups in total. The second kappa shape index (κ2) is 12.4. The lowest BCUT2D eigenvalue weighted by molar-refractivity contribution is -0.130. The van der Waals surface area contributed by atoms with E-state index in [4.69, 9.17) is 14.2 Å². The van der Waals surface area contributed by atoms with Crippen molar-refractivity contribution in [3.05, 3.63) is 128 Å². The summed E-state index contributed by atoms with van der Waals surface area (Å²) in [7, 11) is 0. The lowest BCUT2D eigenvalue weighted by atomic mass is 9.97. The fourth-order valence-corrected chi connectivity index (χ4v) is 3.80. The largest absolute Gasteiger partial charge is 0.423 e. The van der Waals surface area contributed by atoms with E-state index in [1.807, 2.05) is 60.7 Å². The molecule has 0 amide bonds. The third-order valence-electron chi connectivity index (χ3n) is 5.87. The average Bonchev–Trinajstić information content (AvgIpc) is 2.98. The van der Waals surface area contributed by atoms with Crippen LogP contribution in [0.15, 0.2) is 128 Å². The van der Waals surface area contributed by atoms with Gasteiger partial charge in [0.1, 0.15) is 17.2 Å². The number of rotatable bonds is 9. The highest BCUT2D eigenvalue weighted by molar-refractivity contribution is 5.91. The minimum Gasteiger partial charge on any atom is -0.423 e. The van der Waals surface area contributed by atoms with Crippen LogP contribution in [0.5, 0.6) is 17.2 Å². The fourth-order valence-electron chi connectivity index (χ4n) is 3.80. The first-order valence-electron chi connectivity index (χ1n) is 12.3. The van der Waals surface area contributed by atoms with Crippen molar-refractivity contribution in [3.8, 4) is 50.6 Å². The second-order valence-electron chi connectivity index (χ2n) is 8.76. The van der Waals surface area contributed by atoms with Crippen LogP contribution in [-0.4, -0.2) is 17.9 Å². The van der Waals surface area contributed by atoms with Gasteiger partial charge in [0.25, 0.3) is 0 Å². The lowest BCUT2D eigenvalue weighted by Gasteiger charge is -2.14. The first kappa shape index (κ1) is 27.5. The van der Waals surface area contributed by atoms with E-state index < -0.39 is 17.9 Å². The molecule has 0 atom stereocenters. The highest BCUT2D eigenvalue weighted by Crippen LogP contribution is 2.36. The van der Waals surface area contributed by atoms with Crippen molar-refractivity contribution in [2.75, 3.05) is 0 Å². The molecule has 0 spiro atoms. The molecule has 0 radical (unpaired) electrons. The number of benzene rings is 4. The quantitative estimate of drug-likeness (QED) is 0.128. The molecule has 4 rings (SSSR count). The molecule has 6 heteroatoms. The third-order valence-corrected chi connectivity index (χ3v) is 5.87. The van der Waals surface area contributed by atoms with Gasteiger partial charge in [-0.15, -0.1) is 0 Å². The van der Waals surface area contributed by atoms with Gasteiger partial charge in [0, 0.05) is 23.3 Å². The zero-order valence-corrected chi connectivity index (χ0v) is 21.9. The molecule has 0 aromatic heterocycles. The summed E-state index contributed by atoms with van der Waals surface area (Å²) in [5.74, 6) is -0.373. The number of carbonyl (C=O) groups is 3. The Hall–Kier alpha value is -5.49. The summed E-state index contributed by atoms with van der Waals surface area (Å²) in [6, 6.07) is 27.5. The third kappa shape index (κ3) is 6.68. The maximum atomic E-state index is 12.5. The number of ether oxygens (including phenoxy) is 3. The van der Waals surface area contributed by atoms with Crippen molar-refractivity contribution in [1.82, 2.24) is 0 Å². The molecule has 0 saturated carbocycles. The number of carbonyl (C=O) groups excluding carboxylic acids is 3. The van der Waals surface area contributed by atoms with Crippen LogP contribution >= 0.6 is 0 Å². The van der Waals surface area contributed by atoms with Gasteiger partial charge in [-0.2, -0.15) is 0 Å². The molecule has 0 bridgehead atoms. The lowest BCUT2D eigenvalue weighted by Crippen LogP contribution is -2.09. The molecule has 40 heavy (non-hydrogen) atoms. The molecule has 0 heterocycles. The molecule has 198 valence electrons. The van der Waals surface area contributed by atoms with Gasteiger partial charge in [-0.1, -0.05) is 80.4 Å². The fraction of sp³-hybridized carbons (Fsp3) is 0.0294. The SMILES string of the molecule is C=CC(=O)Oc1ccc(-c2ccc(-c3ccc(-c4ccc(OC(=O)C=C)cc4)cc3OC(=O)C(=C)C)cc2)cc1. The predicted octanol–water partition coefficient (Wildman–Crippen LogP) is 7.35. The van der Waals surface area contributed by atoms with Crippen LogP contribution in [-0.2, 0) is 14.4 Å². The van der Waals surface area contributed by atoms with Crippen LogP contribution in [0.1, 0.15) is 6.92 Å². The normalized spacial score (nSPS) is 10.2. The highest BCUT2D eigenvalue weighted by atomic mass is 16.5. The van der Waals surface area contributed by atoms with Crippen LogP contribution in [0.2, 0.25) is 0 Å². The van der Waals surface area contributed by atoms with Gasteiger partial charge in [-0.05, 0) is 65.1 Å². The van der Waals surface area contributed by atoms with Gasteiger partial charge >= 0.3 is 17.9 Å². The van der Waals surface area contributed by atoms with Crippen LogP contribution in [0.4, 0.5) is 0 Å². The van der Waals surface area contributed by atoms with E-state index in [0.29, 0.717) is 17.2 Å². The second-order valence-corrected chi connectivity index (χ2v) is 8.76. The van der Waals surface area contributed by atoms with Crippen molar-refractivity contribution in [3.63, 3.8) is 0 Å². The maximum Gasteiger partial charge on any atom is 0.338 e. The van der Waals surface area contributed by atoms with E-state index in [0.717, 1.165) is 45.5 Å². The molecular formula is C34H26O6. The minimum atomic E-state index is -0.539. The van der Waals surface area contributed by atoms with Crippen LogP contribution in [0.3, 0.4) is 0 Å². The first-order valence-corrected chi connectivity index (χ1v) is 12.3. The molecule has 0 aliphatic heterocycles. The molecule has 0 aliphatic carbocycles. The van der Waals surface area contributed by atoms with Crippen molar-refractivity contribution >= 4 is 17.9 Å². The predicted molar refractivity (Wildman–Crippen MR) is 155 cm³/mol. The summed E-state index contributed by atoms with van der Waals surface area (Å²) in [6.07, 6.45) is 2.21. The van der Waals surface area contributed by atoms with Gasteiger partial charge in [0.05, 0.1) is 0 Å². The maximum absolute atomic E-state index is 12.5. The van der Waals surface area contributed by atoms with Gasteiger partial charge in [-0.25, -0.2) is 14.4 Å². The van der Waals surface area contributed by atoms with Gasteiger partial charge < -0.3 is 14.2 Å². The topological polar surface area (TPSA) is 78.9 Å². The van der Waals surface area contributed by atoms with Gasteiger partial charge in [-0.3, -0.25) is 0 Å². The summed E-state index contributed by atoms with van der Waals surface area (Å²) >= 11 is 0. The van der Waals surface area contributed by atoms with Crippen LogP contribution < -0.4 is 14.2 Å². The molecule has 0 saturated heterocycles. The van der Waals surface area contributed by atoms with E-state index in [1.165, 1.54) is 0 Å². The van der Waals surface area contributed by atoms with Gasteiger partial charge in [0.15, 0.2) is 0 Å². The van der Waals surface area contributed by atoms with Crippen molar-refractivity contribution in [2.45, 2.75) is 6.92 Å². The summed E-state index contributed by atoms with van der Waals surface area (Å²) in [5.41, 5.74) is 5.41.